The third kappa shape index (κ3) is 3.35. The van der Waals surface area contributed by atoms with Crippen molar-refractivity contribution in [2.45, 2.75) is 6.92 Å². The van der Waals surface area contributed by atoms with Crippen molar-refractivity contribution < 1.29 is 18.3 Å². The zero-order valence-corrected chi connectivity index (χ0v) is 13.6. The molecule has 3 aromatic rings. The van der Waals surface area contributed by atoms with Gasteiger partial charge in [-0.05, 0) is 36.4 Å². The third-order valence-corrected chi connectivity index (χ3v) is 3.57. The number of anilines is 1. The number of hydrogen-bond donors (Lipinski definition) is 1. The Hall–Kier alpha value is -3.22. The van der Waals surface area contributed by atoms with E-state index in [1.54, 1.807) is 35.0 Å². The first-order valence-electron chi connectivity index (χ1n) is 7.44. The molecule has 0 fully saturated rings. The Balaban J connectivity index is 2.00. The summed E-state index contributed by atoms with van der Waals surface area (Å²) in [7, 11) is 1.21. The van der Waals surface area contributed by atoms with E-state index in [0.717, 1.165) is 5.69 Å². The monoisotopic (exact) mass is 343 g/mol. The molecule has 0 aliphatic rings. The van der Waals surface area contributed by atoms with E-state index in [0.29, 0.717) is 11.5 Å². The summed E-state index contributed by atoms with van der Waals surface area (Å²) in [6.07, 6.45) is 3.22. The number of nitrogens with zero attached hydrogens (tertiary/aromatic N) is 2. The molecule has 0 aliphatic carbocycles. The lowest BCUT2D eigenvalue weighted by Crippen LogP contribution is -2.05. The molecule has 5 nitrogen and oxygen atoms in total. The number of halogens is 2. The lowest BCUT2D eigenvalue weighted by Gasteiger charge is -2.11. The normalized spacial score (nSPS) is 10.6. The van der Waals surface area contributed by atoms with Crippen LogP contribution in [0.25, 0.3) is 17.1 Å². The number of nitrogens with one attached hydrogen (secondary N) is 1. The fourth-order valence-electron chi connectivity index (χ4n) is 2.52. The molecule has 0 bridgehead atoms. The molecule has 2 aromatic carbocycles. The highest BCUT2D eigenvalue weighted by Crippen LogP contribution is 2.29. The molecule has 25 heavy (non-hydrogen) atoms. The predicted molar refractivity (Wildman–Crippen MR) is 89.8 cm³/mol. The zero-order chi connectivity index (χ0) is 18.0. The van der Waals surface area contributed by atoms with Crippen LogP contribution in [-0.4, -0.2) is 22.6 Å². The van der Waals surface area contributed by atoms with E-state index < -0.39 is 17.4 Å². The first-order valence-corrected chi connectivity index (χ1v) is 7.44. The van der Waals surface area contributed by atoms with Gasteiger partial charge in [-0.1, -0.05) is 0 Å². The second-order valence-electron chi connectivity index (χ2n) is 5.32. The smallest absolute Gasteiger partial charge is 0.221 e. The number of imidazole rings is 1. The molecule has 0 atom stereocenters. The van der Waals surface area contributed by atoms with Crippen molar-refractivity contribution in [1.82, 2.24) is 9.55 Å². The minimum Gasteiger partial charge on any atom is -0.491 e. The fourth-order valence-corrected chi connectivity index (χ4v) is 2.52. The summed E-state index contributed by atoms with van der Waals surface area (Å²) in [5, 5.41) is 2.67. The number of methoxy groups -OCH3 is 1. The van der Waals surface area contributed by atoms with Gasteiger partial charge in [-0.2, -0.15) is 0 Å². The molecule has 0 saturated heterocycles. The van der Waals surface area contributed by atoms with Crippen LogP contribution in [0.2, 0.25) is 0 Å². The molecule has 128 valence electrons. The van der Waals surface area contributed by atoms with Crippen molar-refractivity contribution in [2.24, 2.45) is 0 Å². The highest BCUT2D eigenvalue weighted by atomic mass is 19.1. The largest absolute Gasteiger partial charge is 0.491 e. The van der Waals surface area contributed by atoms with Crippen LogP contribution in [0.5, 0.6) is 5.75 Å². The Kier molecular flexibility index (Phi) is 4.47. The average Bonchev–Trinajstić information content (AvgIpc) is 3.04. The molecule has 1 N–H and O–H groups in total. The van der Waals surface area contributed by atoms with Gasteiger partial charge in [0.2, 0.25) is 5.91 Å². The Morgan fingerprint density at radius 1 is 1.16 bits per heavy atom. The molecule has 0 unspecified atom stereocenters. The highest BCUT2D eigenvalue weighted by Gasteiger charge is 2.16. The maximum absolute atomic E-state index is 14.0. The van der Waals surface area contributed by atoms with Gasteiger partial charge in [0.1, 0.15) is 5.82 Å². The van der Waals surface area contributed by atoms with Crippen LogP contribution < -0.4 is 10.1 Å². The van der Waals surface area contributed by atoms with Crippen LogP contribution in [0.4, 0.5) is 14.5 Å². The van der Waals surface area contributed by atoms with Gasteiger partial charge in [0.05, 0.1) is 7.11 Å². The van der Waals surface area contributed by atoms with Crippen molar-refractivity contribution in [3.05, 3.63) is 60.4 Å². The number of benzene rings is 2. The third-order valence-electron chi connectivity index (χ3n) is 3.57. The van der Waals surface area contributed by atoms with E-state index in [1.165, 1.54) is 32.4 Å². The topological polar surface area (TPSA) is 56.1 Å². The van der Waals surface area contributed by atoms with Crippen LogP contribution in [0.3, 0.4) is 0 Å². The van der Waals surface area contributed by atoms with Crippen LogP contribution in [0.1, 0.15) is 6.92 Å². The second-order valence-corrected chi connectivity index (χ2v) is 5.32. The first kappa shape index (κ1) is 16.6. The zero-order valence-electron chi connectivity index (χ0n) is 13.6. The number of ether oxygens (including phenoxy) is 1. The van der Waals surface area contributed by atoms with Gasteiger partial charge in [0.25, 0.3) is 0 Å². The Bertz CT molecular complexity index is 897. The number of carbonyl (C=O) groups excluding carboxylic acids is 1. The van der Waals surface area contributed by atoms with Crippen LogP contribution in [0, 0.1) is 11.6 Å². The van der Waals surface area contributed by atoms with Gasteiger partial charge in [0, 0.05) is 36.3 Å². The summed E-state index contributed by atoms with van der Waals surface area (Å²) in [6.45, 7) is 1.43. The van der Waals surface area contributed by atoms with Crippen molar-refractivity contribution in [3.8, 4) is 22.8 Å². The summed E-state index contributed by atoms with van der Waals surface area (Å²) in [5.41, 5.74) is 1.67. The quantitative estimate of drug-likeness (QED) is 0.784. The molecule has 0 aliphatic heterocycles. The Labute approximate surface area is 142 Å². The van der Waals surface area contributed by atoms with E-state index >= 15 is 0 Å². The lowest BCUT2D eigenvalue weighted by molar-refractivity contribution is -0.114. The SMILES string of the molecule is COc1c(F)cc(-c2nccn2-c2ccc(NC(C)=O)cc2)cc1F. The first-order chi connectivity index (χ1) is 12.0. The molecule has 0 saturated carbocycles. The number of carbonyl (C=O) groups is 1. The van der Waals surface area contributed by atoms with Gasteiger partial charge in [-0.25, -0.2) is 13.8 Å². The van der Waals surface area contributed by atoms with Crippen LogP contribution in [0.15, 0.2) is 48.8 Å². The summed E-state index contributed by atoms with van der Waals surface area (Å²) in [5.74, 6) is -1.81. The van der Waals surface area contributed by atoms with Gasteiger partial charge in [-0.3, -0.25) is 9.36 Å². The molecule has 7 heteroatoms. The average molecular weight is 343 g/mol. The second kappa shape index (κ2) is 6.72. The van der Waals surface area contributed by atoms with E-state index in [4.69, 9.17) is 4.74 Å². The van der Waals surface area contributed by atoms with Crippen molar-refractivity contribution in [1.29, 1.82) is 0 Å². The molecule has 1 aromatic heterocycles. The minimum absolute atomic E-state index is 0.166. The van der Waals surface area contributed by atoms with Gasteiger partial charge < -0.3 is 10.1 Å². The highest BCUT2D eigenvalue weighted by molar-refractivity contribution is 5.88. The van der Waals surface area contributed by atoms with Crippen molar-refractivity contribution in [3.63, 3.8) is 0 Å². The number of rotatable bonds is 4. The molecule has 0 spiro atoms. The molecule has 1 heterocycles. The Morgan fingerprint density at radius 3 is 2.36 bits per heavy atom. The maximum Gasteiger partial charge on any atom is 0.221 e. The summed E-state index contributed by atoms with van der Waals surface area (Å²) >= 11 is 0. The van der Waals surface area contributed by atoms with Crippen LogP contribution in [-0.2, 0) is 4.79 Å². The van der Waals surface area contributed by atoms with Gasteiger partial charge in [-0.15, -0.1) is 0 Å². The number of hydrogen-bond acceptors (Lipinski definition) is 3. The van der Waals surface area contributed by atoms with Crippen molar-refractivity contribution >= 4 is 11.6 Å². The molecular weight excluding hydrogens is 328 g/mol. The summed E-state index contributed by atoms with van der Waals surface area (Å²) in [4.78, 5) is 15.3. The fraction of sp³-hybridized carbons (Fsp3) is 0.111. The predicted octanol–water partition coefficient (Wildman–Crippen LogP) is 3.78. The van der Waals surface area contributed by atoms with Crippen molar-refractivity contribution in [2.75, 3.05) is 12.4 Å². The summed E-state index contributed by atoms with van der Waals surface area (Å²) < 4.78 is 34.3. The number of aromatic nitrogens is 2. The van der Waals surface area contributed by atoms with Gasteiger partial charge in [0.15, 0.2) is 17.4 Å². The lowest BCUT2D eigenvalue weighted by atomic mass is 10.1. The van der Waals surface area contributed by atoms with Gasteiger partial charge >= 0.3 is 0 Å². The maximum atomic E-state index is 14.0. The minimum atomic E-state index is -0.798. The summed E-state index contributed by atoms with van der Waals surface area (Å²) in [6, 6.07) is 9.35. The Morgan fingerprint density at radius 2 is 1.80 bits per heavy atom. The van der Waals surface area contributed by atoms with E-state index in [-0.39, 0.29) is 11.5 Å². The molecule has 0 radical (unpaired) electrons. The van der Waals surface area contributed by atoms with E-state index in [2.05, 4.69) is 10.3 Å². The standard InChI is InChI=1S/C18H15F2N3O2/c1-11(24)22-13-3-5-14(6-4-13)23-8-7-21-18(23)12-9-15(19)17(25-2)16(20)10-12/h3-10H,1-2H3,(H,22,24). The van der Waals surface area contributed by atoms with Crippen LogP contribution >= 0.6 is 0 Å². The molecule has 3 rings (SSSR count). The molecular formula is C18H15F2N3O2. The molecule has 1 amide bonds. The number of amides is 1. The van der Waals surface area contributed by atoms with E-state index in [1.807, 2.05) is 0 Å². The van der Waals surface area contributed by atoms with E-state index in [9.17, 15) is 13.6 Å².